The number of rotatable bonds is 2. The lowest BCUT2D eigenvalue weighted by Crippen LogP contribution is -1.95. The maximum absolute atomic E-state index is 11.5. The van der Waals surface area contributed by atoms with E-state index in [1.807, 2.05) is 32.9 Å². The summed E-state index contributed by atoms with van der Waals surface area (Å²) < 4.78 is 0. The van der Waals surface area contributed by atoms with Crippen LogP contribution >= 0.6 is 0 Å². The lowest BCUT2D eigenvalue weighted by Gasteiger charge is -2.00. The summed E-state index contributed by atoms with van der Waals surface area (Å²) in [7, 11) is 0. The van der Waals surface area contributed by atoms with E-state index in [9.17, 15) is 4.79 Å². The molecule has 0 unspecified atom stereocenters. The minimum Gasteiger partial charge on any atom is -0.289 e. The average Bonchev–Trinajstić information content (AvgIpc) is 2.03. The molecule has 0 spiro atoms. The van der Waals surface area contributed by atoms with Gasteiger partial charge in [0.1, 0.15) is 0 Å². The molecule has 0 fully saturated rings. The fraction of sp³-hybridized carbons (Fsp3) is 0.250. The van der Waals surface area contributed by atoms with E-state index in [2.05, 4.69) is 6.07 Å². The topological polar surface area (TPSA) is 17.1 Å². The van der Waals surface area contributed by atoms with Crippen molar-refractivity contribution < 1.29 is 4.79 Å². The first-order valence-electron chi connectivity index (χ1n) is 4.39. The van der Waals surface area contributed by atoms with E-state index in [1.165, 1.54) is 0 Å². The van der Waals surface area contributed by atoms with Gasteiger partial charge in [-0.3, -0.25) is 4.79 Å². The lowest BCUT2D eigenvalue weighted by molar-refractivity contribution is 0.104. The molecule has 0 aliphatic heterocycles. The molecular formula is C12H14O. The van der Waals surface area contributed by atoms with Gasteiger partial charge in [-0.2, -0.15) is 0 Å². The number of aryl methyl sites for hydroxylation is 2. The van der Waals surface area contributed by atoms with Crippen molar-refractivity contribution in [3.05, 3.63) is 47.0 Å². The van der Waals surface area contributed by atoms with Crippen LogP contribution < -0.4 is 0 Å². The van der Waals surface area contributed by atoms with Crippen molar-refractivity contribution >= 4 is 5.78 Å². The van der Waals surface area contributed by atoms with Crippen molar-refractivity contribution in [2.75, 3.05) is 0 Å². The highest BCUT2D eigenvalue weighted by molar-refractivity contribution is 6.04. The lowest BCUT2D eigenvalue weighted by atomic mass is 10.0. The normalized spacial score (nSPS) is 10.7. The van der Waals surface area contributed by atoms with Gasteiger partial charge >= 0.3 is 0 Å². The van der Waals surface area contributed by atoms with Crippen LogP contribution in [0.4, 0.5) is 0 Å². The molecule has 0 amide bonds. The Hall–Kier alpha value is -1.37. The van der Waals surface area contributed by atoms with Gasteiger partial charge in [-0.1, -0.05) is 23.3 Å². The molecule has 0 aliphatic carbocycles. The first kappa shape index (κ1) is 9.72. The van der Waals surface area contributed by atoms with Gasteiger partial charge in [0.15, 0.2) is 5.78 Å². The third-order valence-corrected chi connectivity index (χ3v) is 1.82. The van der Waals surface area contributed by atoms with E-state index in [0.717, 1.165) is 16.7 Å². The fourth-order valence-electron chi connectivity index (χ4n) is 1.36. The number of allylic oxidation sites excluding steroid dienone is 2. The molecule has 13 heavy (non-hydrogen) atoms. The van der Waals surface area contributed by atoms with Crippen LogP contribution in [0.1, 0.15) is 28.4 Å². The number of ketones is 1. The van der Waals surface area contributed by atoms with E-state index in [4.69, 9.17) is 0 Å². The van der Waals surface area contributed by atoms with Crippen molar-refractivity contribution in [3.8, 4) is 0 Å². The van der Waals surface area contributed by atoms with E-state index < -0.39 is 0 Å². The monoisotopic (exact) mass is 174 g/mol. The third-order valence-electron chi connectivity index (χ3n) is 1.82. The number of hydrogen-bond donors (Lipinski definition) is 0. The molecule has 0 saturated carbocycles. The highest BCUT2D eigenvalue weighted by atomic mass is 16.1. The van der Waals surface area contributed by atoms with Gasteiger partial charge in [0.25, 0.3) is 0 Å². The summed E-state index contributed by atoms with van der Waals surface area (Å²) in [5, 5.41) is 0. The zero-order chi connectivity index (χ0) is 9.84. The zero-order valence-corrected chi connectivity index (χ0v) is 8.29. The molecular weight excluding hydrogens is 160 g/mol. The minimum absolute atomic E-state index is 0.0781. The molecule has 0 aromatic heterocycles. The fourth-order valence-corrected chi connectivity index (χ4v) is 1.36. The summed E-state index contributed by atoms with van der Waals surface area (Å²) in [5.74, 6) is 0.0781. The predicted octanol–water partition coefficient (Wildman–Crippen LogP) is 3.06. The van der Waals surface area contributed by atoms with E-state index in [-0.39, 0.29) is 5.78 Å². The van der Waals surface area contributed by atoms with Crippen LogP contribution in [0, 0.1) is 13.8 Å². The van der Waals surface area contributed by atoms with Crippen molar-refractivity contribution in [3.63, 3.8) is 0 Å². The second kappa shape index (κ2) is 4.04. The summed E-state index contributed by atoms with van der Waals surface area (Å²) >= 11 is 0. The number of benzene rings is 1. The number of carbonyl (C=O) groups is 1. The van der Waals surface area contributed by atoms with Crippen LogP contribution in [0.5, 0.6) is 0 Å². The quantitative estimate of drug-likeness (QED) is 0.497. The Labute approximate surface area is 79.1 Å². The average molecular weight is 174 g/mol. The summed E-state index contributed by atoms with van der Waals surface area (Å²) in [4.78, 5) is 11.5. The smallest absolute Gasteiger partial charge is 0.185 e. The van der Waals surface area contributed by atoms with Crippen LogP contribution in [0.25, 0.3) is 0 Å². The maximum Gasteiger partial charge on any atom is 0.185 e. The van der Waals surface area contributed by atoms with Crippen molar-refractivity contribution in [2.45, 2.75) is 20.8 Å². The van der Waals surface area contributed by atoms with Gasteiger partial charge in [0, 0.05) is 5.56 Å². The first-order valence-corrected chi connectivity index (χ1v) is 4.39. The third kappa shape index (κ3) is 2.55. The van der Waals surface area contributed by atoms with Gasteiger partial charge < -0.3 is 0 Å². The highest BCUT2D eigenvalue weighted by Crippen LogP contribution is 2.09. The molecule has 0 radical (unpaired) electrons. The second-order valence-corrected chi connectivity index (χ2v) is 3.24. The molecule has 0 N–H and O–H groups in total. The maximum atomic E-state index is 11.5. The number of carbonyl (C=O) groups excluding carboxylic acids is 1. The van der Waals surface area contributed by atoms with E-state index in [1.54, 1.807) is 12.2 Å². The Morgan fingerprint density at radius 2 is 1.69 bits per heavy atom. The molecule has 1 aromatic rings. The molecule has 0 aliphatic rings. The van der Waals surface area contributed by atoms with Crippen LogP contribution in [0.2, 0.25) is 0 Å². The van der Waals surface area contributed by atoms with Gasteiger partial charge in [-0.15, -0.1) is 0 Å². The van der Waals surface area contributed by atoms with Crippen LogP contribution in [0.3, 0.4) is 0 Å². The summed E-state index contributed by atoms with van der Waals surface area (Å²) in [6, 6.07) is 5.89. The molecule has 1 rings (SSSR count). The molecule has 68 valence electrons. The Bertz CT molecular complexity index is 328. The minimum atomic E-state index is 0.0781. The van der Waals surface area contributed by atoms with Crippen LogP contribution in [-0.4, -0.2) is 5.78 Å². The van der Waals surface area contributed by atoms with Gasteiger partial charge in [0.05, 0.1) is 0 Å². The highest BCUT2D eigenvalue weighted by Gasteiger charge is 2.01. The molecule has 0 saturated heterocycles. The second-order valence-electron chi connectivity index (χ2n) is 3.24. The van der Waals surface area contributed by atoms with E-state index >= 15 is 0 Å². The molecule has 0 atom stereocenters. The molecule has 1 nitrogen and oxygen atoms in total. The molecule has 1 aromatic carbocycles. The Morgan fingerprint density at radius 1 is 1.15 bits per heavy atom. The molecule has 0 heterocycles. The first-order chi connectivity index (χ1) is 6.13. The largest absolute Gasteiger partial charge is 0.289 e. The SMILES string of the molecule is C/C=C/C(=O)c1cc(C)cc(C)c1. The Balaban J connectivity index is 3.08. The summed E-state index contributed by atoms with van der Waals surface area (Å²) in [6.45, 7) is 5.85. The Kier molecular flexibility index (Phi) is 3.02. The summed E-state index contributed by atoms with van der Waals surface area (Å²) in [6.07, 6.45) is 3.36. The predicted molar refractivity (Wildman–Crippen MR) is 55.1 cm³/mol. The van der Waals surface area contributed by atoms with Gasteiger partial charge in [-0.25, -0.2) is 0 Å². The van der Waals surface area contributed by atoms with Crippen molar-refractivity contribution in [2.24, 2.45) is 0 Å². The zero-order valence-electron chi connectivity index (χ0n) is 8.29. The standard InChI is InChI=1S/C12H14O/c1-4-5-12(13)11-7-9(2)6-10(3)8-11/h4-8H,1-3H3/b5-4+. The van der Waals surface area contributed by atoms with Crippen LogP contribution in [-0.2, 0) is 0 Å². The molecule has 0 bridgehead atoms. The van der Waals surface area contributed by atoms with Gasteiger partial charge in [-0.05, 0) is 39.0 Å². The Morgan fingerprint density at radius 3 is 2.15 bits per heavy atom. The van der Waals surface area contributed by atoms with Crippen molar-refractivity contribution in [1.82, 2.24) is 0 Å². The summed E-state index contributed by atoms with van der Waals surface area (Å²) in [5.41, 5.74) is 3.04. The van der Waals surface area contributed by atoms with Crippen molar-refractivity contribution in [1.29, 1.82) is 0 Å². The molecule has 1 heteroatoms. The van der Waals surface area contributed by atoms with E-state index in [0.29, 0.717) is 0 Å². The van der Waals surface area contributed by atoms with Crippen LogP contribution in [0.15, 0.2) is 30.4 Å². The number of hydrogen-bond acceptors (Lipinski definition) is 1. The van der Waals surface area contributed by atoms with Gasteiger partial charge in [0.2, 0.25) is 0 Å².